The zero-order valence-electron chi connectivity index (χ0n) is 22.0. The van der Waals surface area contributed by atoms with Gasteiger partial charge >= 0.3 is 11.9 Å². The number of carboxylic acid groups (broad SMARTS) is 2. The summed E-state index contributed by atoms with van der Waals surface area (Å²) in [5, 5.41) is 35.5. The molecule has 0 unspecified atom stereocenters. The lowest BCUT2D eigenvalue weighted by atomic mass is 9.90. The standard InChI is InChI=1S/C11H13FO2.C11H11FO2.C6H14O2/c2*1-7(2)10-6-9(12)4-3-8(10)5-11(13)14;1-5(2,7)6(3,4)8/h3-4,6-7H,5H2,1-2H3,(H,13,14);3-4,6H,1,5H2,2H3,(H,13,14);7-8H,1-4H3. The number of benzene rings is 2. The van der Waals surface area contributed by atoms with E-state index in [0.717, 1.165) is 5.56 Å². The van der Waals surface area contributed by atoms with E-state index < -0.39 is 23.1 Å². The van der Waals surface area contributed by atoms with E-state index in [1.54, 1.807) is 40.7 Å². The molecule has 0 saturated carbocycles. The molecular formula is C28H38F2O6. The number of rotatable bonds is 7. The van der Waals surface area contributed by atoms with Gasteiger partial charge in [0.2, 0.25) is 0 Å². The Morgan fingerprint density at radius 2 is 1.22 bits per heavy atom. The molecule has 0 aliphatic heterocycles. The first-order chi connectivity index (χ1) is 16.3. The van der Waals surface area contributed by atoms with Gasteiger partial charge in [0.25, 0.3) is 0 Å². The lowest BCUT2D eigenvalue weighted by Gasteiger charge is -2.31. The number of hydrogen-bond donors (Lipinski definition) is 4. The highest BCUT2D eigenvalue weighted by Crippen LogP contribution is 2.22. The Labute approximate surface area is 211 Å². The first-order valence-corrected chi connectivity index (χ1v) is 11.4. The monoisotopic (exact) mass is 508 g/mol. The van der Waals surface area contributed by atoms with Gasteiger partial charge in [-0.1, -0.05) is 38.1 Å². The molecule has 8 heteroatoms. The summed E-state index contributed by atoms with van der Waals surface area (Å²) in [7, 11) is 0. The molecule has 6 nitrogen and oxygen atoms in total. The van der Waals surface area contributed by atoms with Crippen molar-refractivity contribution in [2.24, 2.45) is 0 Å². The van der Waals surface area contributed by atoms with Crippen molar-refractivity contribution >= 4 is 17.5 Å². The van der Waals surface area contributed by atoms with E-state index in [4.69, 9.17) is 20.4 Å². The van der Waals surface area contributed by atoms with E-state index in [9.17, 15) is 18.4 Å². The van der Waals surface area contributed by atoms with Crippen molar-refractivity contribution in [1.29, 1.82) is 0 Å². The number of carboxylic acids is 2. The van der Waals surface area contributed by atoms with Crippen LogP contribution in [0.5, 0.6) is 0 Å². The Morgan fingerprint density at radius 3 is 1.58 bits per heavy atom. The zero-order valence-corrected chi connectivity index (χ0v) is 22.0. The second kappa shape index (κ2) is 13.8. The van der Waals surface area contributed by atoms with Crippen molar-refractivity contribution in [3.05, 3.63) is 76.9 Å². The van der Waals surface area contributed by atoms with Gasteiger partial charge in [-0.2, -0.15) is 0 Å². The molecule has 2 aromatic carbocycles. The molecule has 4 N–H and O–H groups in total. The summed E-state index contributed by atoms with van der Waals surface area (Å²) in [6.45, 7) is 15.5. The Balaban J connectivity index is 0.000000533. The molecule has 0 spiro atoms. The SMILES string of the molecule is C=C(C)c1cc(F)ccc1CC(=O)O.CC(C)(O)C(C)(C)O.CC(C)c1cc(F)ccc1CC(=O)O. The average Bonchev–Trinajstić information content (AvgIpc) is 2.69. The Kier molecular flexibility index (Phi) is 12.7. The van der Waals surface area contributed by atoms with Gasteiger partial charge in [-0.3, -0.25) is 9.59 Å². The largest absolute Gasteiger partial charge is 0.481 e. The highest BCUT2D eigenvalue weighted by Gasteiger charge is 2.31. The zero-order chi connectivity index (χ0) is 28.4. The van der Waals surface area contributed by atoms with Crippen LogP contribution in [-0.4, -0.2) is 43.6 Å². The van der Waals surface area contributed by atoms with E-state index in [0.29, 0.717) is 22.3 Å². The van der Waals surface area contributed by atoms with Crippen LogP contribution in [-0.2, 0) is 22.4 Å². The minimum absolute atomic E-state index is 0.0478. The van der Waals surface area contributed by atoms with Gasteiger partial charge in [0.15, 0.2) is 0 Å². The Morgan fingerprint density at radius 1 is 0.833 bits per heavy atom. The fraction of sp³-hybridized carbons (Fsp3) is 0.429. The van der Waals surface area contributed by atoms with Crippen molar-refractivity contribution < 1.29 is 38.8 Å². The second-order valence-electron chi connectivity index (χ2n) is 9.84. The molecule has 0 amide bonds. The van der Waals surface area contributed by atoms with Crippen LogP contribution in [0.4, 0.5) is 8.78 Å². The third-order valence-corrected chi connectivity index (χ3v) is 5.44. The van der Waals surface area contributed by atoms with E-state index in [1.807, 2.05) is 13.8 Å². The number of allylic oxidation sites excluding steroid dienone is 1. The van der Waals surface area contributed by atoms with Gasteiger partial charge < -0.3 is 20.4 Å². The lowest BCUT2D eigenvalue weighted by molar-refractivity contribution is -0.137. The predicted octanol–water partition coefficient (Wildman–Crippen LogP) is 5.59. The number of carbonyl (C=O) groups is 2. The molecule has 36 heavy (non-hydrogen) atoms. The van der Waals surface area contributed by atoms with Crippen LogP contribution in [0, 0.1) is 11.6 Å². The first-order valence-electron chi connectivity index (χ1n) is 11.4. The van der Waals surface area contributed by atoms with Gasteiger partial charge in [0.1, 0.15) is 11.6 Å². The summed E-state index contributed by atoms with van der Waals surface area (Å²) >= 11 is 0. The van der Waals surface area contributed by atoms with Crippen LogP contribution >= 0.6 is 0 Å². The summed E-state index contributed by atoms with van der Waals surface area (Å²) in [5.41, 5.74) is 1.28. The second-order valence-corrected chi connectivity index (χ2v) is 9.84. The Bertz CT molecular complexity index is 1030. The fourth-order valence-corrected chi connectivity index (χ4v) is 2.69. The van der Waals surface area contributed by atoms with Crippen LogP contribution < -0.4 is 0 Å². The molecule has 0 atom stereocenters. The molecule has 0 bridgehead atoms. The minimum Gasteiger partial charge on any atom is -0.481 e. The molecule has 200 valence electrons. The summed E-state index contributed by atoms with van der Waals surface area (Å²) in [6, 6.07) is 8.28. The smallest absolute Gasteiger partial charge is 0.307 e. The predicted molar refractivity (Wildman–Crippen MR) is 137 cm³/mol. The molecule has 0 heterocycles. The molecule has 2 rings (SSSR count). The average molecular weight is 509 g/mol. The van der Waals surface area contributed by atoms with Crippen LogP contribution in [0.3, 0.4) is 0 Å². The molecular weight excluding hydrogens is 470 g/mol. The van der Waals surface area contributed by atoms with Crippen molar-refractivity contribution in [3.8, 4) is 0 Å². The number of halogens is 2. The van der Waals surface area contributed by atoms with Gasteiger partial charge in [0, 0.05) is 0 Å². The van der Waals surface area contributed by atoms with E-state index in [1.165, 1.54) is 30.3 Å². The highest BCUT2D eigenvalue weighted by molar-refractivity contribution is 5.74. The number of aliphatic carboxylic acids is 2. The van der Waals surface area contributed by atoms with Gasteiger partial charge in [0.05, 0.1) is 24.0 Å². The summed E-state index contributed by atoms with van der Waals surface area (Å²) in [6.07, 6.45) is -0.156. The maximum atomic E-state index is 12.9. The Hall–Kier alpha value is -3.10. The van der Waals surface area contributed by atoms with Crippen molar-refractivity contribution in [2.45, 2.75) is 78.4 Å². The van der Waals surface area contributed by atoms with E-state index >= 15 is 0 Å². The van der Waals surface area contributed by atoms with Gasteiger partial charge in [-0.05, 0) is 87.1 Å². The van der Waals surface area contributed by atoms with Crippen LogP contribution in [0.15, 0.2) is 43.0 Å². The topological polar surface area (TPSA) is 115 Å². The quantitative estimate of drug-likeness (QED) is 0.388. The van der Waals surface area contributed by atoms with E-state index in [-0.39, 0.29) is 30.4 Å². The maximum Gasteiger partial charge on any atom is 0.307 e. The van der Waals surface area contributed by atoms with Crippen molar-refractivity contribution in [2.75, 3.05) is 0 Å². The number of hydrogen-bond acceptors (Lipinski definition) is 4. The fourth-order valence-electron chi connectivity index (χ4n) is 2.69. The molecule has 0 fully saturated rings. The summed E-state index contributed by atoms with van der Waals surface area (Å²) in [4.78, 5) is 21.0. The van der Waals surface area contributed by atoms with Gasteiger partial charge in [-0.15, -0.1) is 0 Å². The summed E-state index contributed by atoms with van der Waals surface area (Å²) < 4.78 is 25.8. The lowest BCUT2D eigenvalue weighted by Crippen LogP contribution is -2.44. The van der Waals surface area contributed by atoms with Crippen LogP contribution in [0.2, 0.25) is 0 Å². The first kappa shape index (κ1) is 32.9. The van der Waals surface area contributed by atoms with Crippen molar-refractivity contribution in [1.82, 2.24) is 0 Å². The normalized spacial score (nSPS) is 11.1. The number of aliphatic hydroxyl groups is 2. The molecule has 2 aromatic rings. The highest BCUT2D eigenvalue weighted by atomic mass is 19.1. The third-order valence-electron chi connectivity index (χ3n) is 5.44. The van der Waals surface area contributed by atoms with Crippen LogP contribution in [0.1, 0.15) is 76.6 Å². The van der Waals surface area contributed by atoms with Crippen molar-refractivity contribution in [3.63, 3.8) is 0 Å². The molecule has 0 aromatic heterocycles. The molecule has 0 saturated heterocycles. The molecule has 0 radical (unpaired) electrons. The third kappa shape index (κ3) is 12.0. The minimum atomic E-state index is -1.01. The molecule has 0 aliphatic carbocycles. The van der Waals surface area contributed by atoms with E-state index in [2.05, 4.69) is 6.58 Å². The molecule has 0 aliphatic rings. The maximum absolute atomic E-state index is 12.9. The van der Waals surface area contributed by atoms with Crippen LogP contribution in [0.25, 0.3) is 5.57 Å². The van der Waals surface area contributed by atoms with Gasteiger partial charge in [-0.25, -0.2) is 8.78 Å². The summed E-state index contributed by atoms with van der Waals surface area (Å²) in [5.74, 6) is -2.38.